The van der Waals surface area contributed by atoms with Crippen molar-refractivity contribution in [3.8, 4) is 11.5 Å². The van der Waals surface area contributed by atoms with Crippen molar-refractivity contribution in [1.29, 1.82) is 0 Å². The molecule has 2 fully saturated rings. The van der Waals surface area contributed by atoms with Gasteiger partial charge in [0.15, 0.2) is 11.5 Å². The molecule has 29 heavy (non-hydrogen) atoms. The molecule has 0 aliphatic heterocycles. The lowest BCUT2D eigenvalue weighted by Crippen LogP contribution is -2.27. The van der Waals surface area contributed by atoms with Crippen LogP contribution in [0.1, 0.15) is 78.1 Å². The Bertz CT molecular complexity index is 657. The van der Waals surface area contributed by atoms with Crippen LogP contribution in [-0.4, -0.2) is 6.61 Å². The average molecular weight is 407 g/mol. The third-order valence-electron chi connectivity index (χ3n) is 6.96. The number of allylic oxidation sites excluding steroid dienone is 1. The van der Waals surface area contributed by atoms with E-state index in [2.05, 4.69) is 6.92 Å². The molecule has 1 aromatic carbocycles. The quantitative estimate of drug-likeness (QED) is 0.412. The first kappa shape index (κ1) is 22.1. The summed E-state index contributed by atoms with van der Waals surface area (Å²) in [5.74, 6) is 1.05. The van der Waals surface area contributed by atoms with E-state index in [1.54, 1.807) is 13.0 Å². The molecule has 0 radical (unpaired) electrons. The van der Waals surface area contributed by atoms with Crippen LogP contribution in [-0.2, 0) is 0 Å². The van der Waals surface area contributed by atoms with Crippen LogP contribution in [0.25, 0.3) is 0 Å². The Hall–Kier alpha value is -1.58. The molecule has 2 nitrogen and oxygen atoms in total. The Morgan fingerprint density at radius 2 is 1.41 bits per heavy atom. The molecular weight excluding hydrogens is 370 g/mol. The highest BCUT2D eigenvalue weighted by molar-refractivity contribution is 5.35. The van der Waals surface area contributed by atoms with Gasteiger partial charge in [-0.2, -0.15) is 8.78 Å². The monoisotopic (exact) mass is 406 g/mol. The van der Waals surface area contributed by atoms with E-state index in [0.29, 0.717) is 12.5 Å². The van der Waals surface area contributed by atoms with E-state index in [0.717, 1.165) is 30.6 Å². The van der Waals surface area contributed by atoms with Gasteiger partial charge in [-0.25, -0.2) is 0 Å². The Morgan fingerprint density at radius 3 is 2.00 bits per heavy atom. The molecule has 0 unspecified atom stereocenters. The van der Waals surface area contributed by atoms with Crippen molar-refractivity contribution in [2.75, 3.05) is 6.61 Å². The van der Waals surface area contributed by atoms with Crippen molar-refractivity contribution in [1.82, 2.24) is 0 Å². The van der Waals surface area contributed by atoms with Crippen LogP contribution in [0.5, 0.6) is 11.5 Å². The fourth-order valence-corrected chi connectivity index (χ4v) is 5.25. The second kappa shape index (κ2) is 11.0. The molecule has 0 spiro atoms. The largest absolute Gasteiger partial charge is 0.490 e. The maximum absolute atomic E-state index is 14.2. The standard InChI is InChI=1S/C25H36F2O2/c1-3-5-18-6-10-20(11-7-18)21-12-8-19(9-13-21)17-29-23-15-14-22(28-16-4-2)24(26)25(23)27/h4,14-16,18-21H,3,5-13,17H2,1-2H3. The first-order valence-electron chi connectivity index (χ1n) is 11.5. The number of hydrogen-bond donors (Lipinski definition) is 0. The smallest absolute Gasteiger partial charge is 0.205 e. The minimum atomic E-state index is -0.997. The zero-order valence-corrected chi connectivity index (χ0v) is 18.0. The molecule has 3 rings (SSSR count). The first-order chi connectivity index (χ1) is 14.1. The molecule has 0 amide bonds. The van der Waals surface area contributed by atoms with Crippen molar-refractivity contribution in [3.63, 3.8) is 0 Å². The van der Waals surface area contributed by atoms with Gasteiger partial charge >= 0.3 is 0 Å². The third-order valence-corrected chi connectivity index (χ3v) is 6.96. The SMILES string of the molecule is CC=COc1ccc(OCC2CCC(C3CCC(CCC)CC3)CC2)c(F)c1F. The molecule has 4 heteroatoms. The van der Waals surface area contributed by atoms with Crippen LogP contribution < -0.4 is 9.47 Å². The molecule has 1 aromatic rings. The summed E-state index contributed by atoms with van der Waals surface area (Å²) in [5.41, 5.74) is 0. The lowest BCUT2D eigenvalue weighted by molar-refractivity contribution is 0.120. The van der Waals surface area contributed by atoms with Gasteiger partial charge in [-0.1, -0.05) is 38.7 Å². The van der Waals surface area contributed by atoms with Gasteiger partial charge in [0.25, 0.3) is 0 Å². The Kier molecular flexibility index (Phi) is 8.38. The molecule has 162 valence electrons. The summed E-state index contributed by atoms with van der Waals surface area (Å²) >= 11 is 0. The highest BCUT2D eigenvalue weighted by atomic mass is 19.2. The first-order valence-corrected chi connectivity index (χ1v) is 11.5. The van der Waals surface area contributed by atoms with Gasteiger partial charge in [-0.15, -0.1) is 0 Å². The normalized spacial score (nSPS) is 27.9. The second-order valence-electron chi connectivity index (χ2n) is 8.94. The number of benzene rings is 1. The molecule has 2 aliphatic rings. The topological polar surface area (TPSA) is 18.5 Å². The predicted octanol–water partition coefficient (Wildman–Crippen LogP) is 7.67. The van der Waals surface area contributed by atoms with Crippen LogP contribution >= 0.6 is 0 Å². The average Bonchev–Trinajstić information content (AvgIpc) is 2.75. The minimum Gasteiger partial charge on any atom is -0.490 e. The lowest BCUT2D eigenvalue weighted by Gasteiger charge is -2.37. The third kappa shape index (κ3) is 5.96. The number of rotatable bonds is 8. The summed E-state index contributed by atoms with van der Waals surface area (Å²) < 4.78 is 39.0. The van der Waals surface area contributed by atoms with Crippen molar-refractivity contribution in [2.45, 2.75) is 78.1 Å². The van der Waals surface area contributed by atoms with Crippen LogP contribution in [0, 0.1) is 35.3 Å². The van der Waals surface area contributed by atoms with Gasteiger partial charge in [0.2, 0.25) is 11.6 Å². The van der Waals surface area contributed by atoms with E-state index >= 15 is 0 Å². The van der Waals surface area contributed by atoms with Crippen molar-refractivity contribution in [2.24, 2.45) is 23.7 Å². The molecular formula is C25H36F2O2. The molecule has 0 heterocycles. The number of ether oxygens (including phenoxy) is 2. The van der Waals surface area contributed by atoms with Crippen LogP contribution in [0.15, 0.2) is 24.5 Å². The van der Waals surface area contributed by atoms with E-state index in [1.165, 1.54) is 69.8 Å². The molecule has 2 aliphatic carbocycles. The zero-order valence-electron chi connectivity index (χ0n) is 18.0. The molecule has 2 saturated carbocycles. The molecule has 0 N–H and O–H groups in total. The summed E-state index contributed by atoms with van der Waals surface area (Å²) in [6.45, 7) is 4.50. The summed E-state index contributed by atoms with van der Waals surface area (Å²) in [5, 5.41) is 0. The maximum atomic E-state index is 14.2. The van der Waals surface area contributed by atoms with Crippen LogP contribution in [0.4, 0.5) is 8.78 Å². The minimum absolute atomic E-state index is 0.0216. The Labute approximate surface area is 174 Å². The van der Waals surface area contributed by atoms with Crippen molar-refractivity contribution < 1.29 is 18.3 Å². The van der Waals surface area contributed by atoms with E-state index in [4.69, 9.17) is 9.47 Å². The summed E-state index contributed by atoms with van der Waals surface area (Å²) in [6, 6.07) is 2.87. The summed E-state index contributed by atoms with van der Waals surface area (Å²) in [4.78, 5) is 0. The van der Waals surface area contributed by atoms with Crippen LogP contribution in [0.2, 0.25) is 0 Å². The number of halogens is 2. The fraction of sp³-hybridized carbons (Fsp3) is 0.680. The van der Waals surface area contributed by atoms with Gasteiger partial charge in [0.1, 0.15) is 0 Å². The molecule has 0 bridgehead atoms. The van der Waals surface area contributed by atoms with E-state index < -0.39 is 11.6 Å². The molecule has 0 aromatic heterocycles. The zero-order chi connectivity index (χ0) is 20.6. The van der Waals surface area contributed by atoms with Gasteiger partial charge < -0.3 is 9.47 Å². The second-order valence-corrected chi connectivity index (χ2v) is 8.94. The highest BCUT2D eigenvalue weighted by Crippen LogP contribution is 2.42. The van der Waals surface area contributed by atoms with Gasteiger partial charge in [-0.05, 0) is 81.3 Å². The van der Waals surface area contributed by atoms with E-state index in [9.17, 15) is 8.78 Å². The summed E-state index contributed by atoms with van der Waals surface area (Å²) in [6.07, 6.45) is 16.1. The van der Waals surface area contributed by atoms with Crippen molar-refractivity contribution >= 4 is 0 Å². The highest BCUT2D eigenvalue weighted by Gasteiger charge is 2.31. The molecule has 0 atom stereocenters. The Morgan fingerprint density at radius 1 is 0.862 bits per heavy atom. The van der Waals surface area contributed by atoms with E-state index in [-0.39, 0.29) is 11.5 Å². The van der Waals surface area contributed by atoms with Gasteiger partial charge in [0, 0.05) is 0 Å². The summed E-state index contributed by atoms with van der Waals surface area (Å²) in [7, 11) is 0. The Balaban J connectivity index is 1.43. The number of hydrogen-bond acceptors (Lipinski definition) is 2. The lowest BCUT2D eigenvalue weighted by atomic mass is 9.69. The van der Waals surface area contributed by atoms with Crippen LogP contribution in [0.3, 0.4) is 0 Å². The van der Waals surface area contributed by atoms with Crippen molar-refractivity contribution in [3.05, 3.63) is 36.1 Å². The van der Waals surface area contributed by atoms with Gasteiger partial charge in [0.05, 0.1) is 12.9 Å². The maximum Gasteiger partial charge on any atom is 0.205 e. The molecule has 0 saturated heterocycles. The fourth-order valence-electron chi connectivity index (χ4n) is 5.25. The van der Waals surface area contributed by atoms with Gasteiger partial charge in [-0.3, -0.25) is 0 Å². The van der Waals surface area contributed by atoms with E-state index in [1.807, 2.05) is 0 Å². The predicted molar refractivity (Wildman–Crippen MR) is 113 cm³/mol.